The van der Waals surface area contributed by atoms with E-state index in [1.807, 2.05) is 74.9 Å². The molecule has 0 N–H and O–H groups in total. The second-order valence-electron chi connectivity index (χ2n) is 7.27. The molecule has 0 aliphatic heterocycles. The minimum Gasteiger partial charge on any atom is -0.348 e. The summed E-state index contributed by atoms with van der Waals surface area (Å²) in [5.74, 6) is -0.0591. The summed E-state index contributed by atoms with van der Waals surface area (Å²) in [4.78, 5) is 27.4. The molecule has 4 rings (SSSR count). The molecule has 2 heterocycles. The molecule has 0 radical (unpaired) electrons. The van der Waals surface area contributed by atoms with Gasteiger partial charge in [-0.2, -0.15) is 9.78 Å². The van der Waals surface area contributed by atoms with E-state index in [0.717, 1.165) is 21.9 Å². The van der Waals surface area contributed by atoms with Crippen molar-refractivity contribution < 1.29 is 4.79 Å². The average molecular weight is 405 g/mol. The molecule has 4 aromatic rings. The lowest BCUT2D eigenvalue weighted by molar-refractivity contribution is -0.128. The molecule has 0 saturated heterocycles. The Hall–Kier alpha value is -3.41. The molecule has 30 heavy (non-hydrogen) atoms. The lowest BCUT2D eigenvalue weighted by atomic mass is 10.1. The zero-order chi connectivity index (χ0) is 22.0. The standard InChI is InChI=1S/C22H22N4O2.C2H6/c1-14-10-11-16-18(12-14)25(4)21-20(16)17(13-19(27)24(2)3)23-26(22(21)28)15-8-6-5-7-9-15;1-2/h5-12H,13H2,1-4H3;1-2H3. The van der Waals surface area contributed by atoms with E-state index < -0.39 is 0 Å². The van der Waals surface area contributed by atoms with Gasteiger partial charge in [0.05, 0.1) is 17.8 Å². The van der Waals surface area contributed by atoms with Crippen LogP contribution in [0.15, 0.2) is 53.3 Å². The van der Waals surface area contributed by atoms with Crippen molar-refractivity contribution in [1.82, 2.24) is 19.2 Å². The van der Waals surface area contributed by atoms with E-state index in [1.165, 1.54) is 4.68 Å². The van der Waals surface area contributed by atoms with Crippen LogP contribution in [0.2, 0.25) is 0 Å². The van der Waals surface area contributed by atoms with Crippen LogP contribution in [0.1, 0.15) is 25.1 Å². The van der Waals surface area contributed by atoms with Gasteiger partial charge >= 0.3 is 0 Å². The molecule has 0 spiro atoms. The number of fused-ring (bicyclic) bond motifs is 3. The summed E-state index contributed by atoms with van der Waals surface area (Å²) in [6.45, 7) is 6.02. The van der Waals surface area contributed by atoms with Gasteiger partial charge in [-0.05, 0) is 30.7 Å². The first kappa shape index (κ1) is 21.3. The van der Waals surface area contributed by atoms with Crippen LogP contribution in [0, 0.1) is 6.92 Å². The smallest absolute Gasteiger partial charge is 0.296 e. The maximum atomic E-state index is 13.4. The molecule has 0 bridgehead atoms. The van der Waals surface area contributed by atoms with Gasteiger partial charge in [-0.1, -0.05) is 44.2 Å². The van der Waals surface area contributed by atoms with Crippen LogP contribution in [0.5, 0.6) is 0 Å². The van der Waals surface area contributed by atoms with Gasteiger partial charge in [0.25, 0.3) is 5.56 Å². The second-order valence-corrected chi connectivity index (χ2v) is 7.27. The fourth-order valence-electron chi connectivity index (χ4n) is 3.57. The number of carbonyl (C=O) groups excluding carboxylic acids is 1. The Kier molecular flexibility index (Phi) is 6.06. The molecule has 6 nitrogen and oxygen atoms in total. The van der Waals surface area contributed by atoms with Crippen molar-refractivity contribution in [3.63, 3.8) is 0 Å². The van der Waals surface area contributed by atoms with Crippen LogP contribution in [-0.2, 0) is 18.3 Å². The van der Waals surface area contributed by atoms with Crippen LogP contribution in [0.3, 0.4) is 0 Å². The van der Waals surface area contributed by atoms with Gasteiger partial charge in [0.1, 0.15) is 5.52 Å². The third-order valence-electron chi connectivity index (χ3n) is 5.08. The molecule has 0 aliphatic rings. The molecule has 0 fully saturated rings. The van der Waals surface area contributed by atoms with E-state index in [0.29, 0.717) is 16.9 Å². The van der Waals surface area contributed by atoms with Crippen molar-refractivity contribution in [2.45, 2.75) is 27.2 Å². The fraction of sp³-hybridized carbons (Fsp3) is 0.292. The van der Waals surface area contributed by atoms with Crippen LogP contribution in [0.4, 0.5) is 0 Å². The zero-order valence-electron chi connectivity index (χ0n) is 18.4. The first-order chi connectivity index (χ1) is 14.4. The maximum absolute atomic E-state index is 13.4. The summed E-state index contributed by atoms with van der Waals surface area (Å²) >= 11 is 0. The van der Waals surface area contributed by atoms with Gasteiger partial charge in [-0.3, -0.25) is 9.59 Å². The molecule has 0 unspecified atom stereocenters. The van der Waals surface area contributed by atoms with E-state index in [2.05, 4.69) is 11.2 Å². The molecular weight excluding hydrogens is 376 g/mol. The first-order valence-corrected chi connectivity index (χ1v) is 10.1. The number of rotatable bonds is 3. The summed E-state index contributed by atoms with van der Waals surface area (Å²) in [7, 11) is 5.33. The molecule has 0 atom stereocenters. The van der Waals surface area contributed by atoms with Crippen molar-refractivity contribution in [3.8, 4) is 5.69 Å². The predicted octanol–water partition coefficient (Wildman–Crippen LogP) is 3.84. The number of aryl methyl sites for hydroxylation is 2. The molecule has 0 aliphatic carbocycles. The van der Waals surface area contributed by atoms with Gasteiger partial charge in [-0.25, -0.2) is 0 Å². The summed E-state index contributed by atoms with van der Waals surface area (Å²) in [5.41, 5.74) is 3.71. The summed E-state index contributed by atoms with van der Waals surface area (Å²) < 4.78 is 3.30. The molecule has 1 amide bonds. The first-order valence-electron chi connectivity index (χ1n) is 10.1. The Morgan fingerprint density at radius 2 is 1.73 bits per heavy atom. The van der Waals surface area contributed by atoms with Crippen molar-refractivity contribution in [2.75, 3.05) is 14.1 Å². The van der Waals surface area contributed by atoms with Gasteiger partial charge in [-0.15, -0.1) is 0 Å². The van der Waals surface area contributed by atoms with E-state index >= 15 is 0 Å². The fourth-order valence-corrected chi connectivity index (χ4v) is 3.57. The number of amides is 1. The van der Waals surface area contributed by atoms with Crippen LogP contribution >= 0.6 is 0 Å². The predicted molar refractivity (Wildman–Crippen MR) is 122 cm³/mol. The second kappa shape index (κ2) is 8.53. The topological polar surface area (TPSA) is 60.1 Å². The number of benzene rings is 2. The van der Waals surface area contributed by atoms with Crippen molar-refractivity contribution in [1.29, 1.82) is 0 Å². The Labute approximate surface area is 176 Å². The lowest BCUT2D eigenvalue weighted by Gasteiger charge is -2.13. The minimum atomic E-state index is -0.196. The number of aromatic nitrogens is 3. The molecule has 0 saturated carbocycles. The van der Waals surface area contributed by atoms with Crippen LogP contribution < -0.4 is 5.56 Å². The normalized spacial score (nSPS) is 10.7. The maximum Gasteiger partial charge on any atom is 0.296 e. The number of hydrogen-bond acceptors (Lipinski definition) is 3. The molecule has 156 valence electrons. The monoisotopic (exact) mass is 404 g/mol. The number of hydrogen-bond donors (Lipinski definition) is 0. The highest BCUT2D eigenvalue weighted by molar-refractivity contribution is 6.09. The van der Waals surface area contributed by atoms with Gasteiger partial charge in [0.2, 0.25) is 5.91 Å². The van der Waals surface area contributed by atoms with E-state index in [1.54, 1.807) is 19.0 Å². The molecule has 2 aromatic carbocycles. The highest BCUT2D eigenvalue weighted by atomic mass is 16.2. The SMILES string of the molecule is CC.Cc1ccc2c3c(CC(=O)N(C)C)nn(-c4ccccc4)c(=O)c3n(C)c2c1. The van der Waals surface area contributed by atoms with Crippen molar-refractivity contribution in [3.05, 3.63) is 70.1 Å². The van der Waals surface area contributed by atoms with E-state index in [-0.39, 0.29) is 17.9 Å². The molecule has 6 heteroatoms. The third-order valence-corrected chi connectivity index (χ3v) is 5.08. The number of nitrogens with zero attached hydrogens (tertiary/aromatic N) is 4. The van der Waals surface area contributed by atoms with Crippen molar-refractivity contribution >= 4 is 27.7 Å². The average Bonchev–Trinajstić information content (AvgIpc) is 3.04. The van der Waals surface area contributed by atoms with Gasteiger partial charge in [0.15, 0.2) is 0 Å². The lowest BCUT2D eigenvalue weighted by Crippen LogP contribution is -2.28. The highest BCUT2D eigenvalue weighted by Gasteiger charge is 2.21. The quantitative estimate of drug-likeness (QED) is 0.521. The van der Waals surface area contributed by atoms with E-state index in [4.69, 9.17) is 0 Å². The highest BCUT2D eigenvalue weighted by Crippen LogP contribution is 2.29. The van der Waals surface area contributed by atoms with Gasteiger partial charge in [0, 0.05) is 37.4 Å². The Morgan fingerprint density at radius 3 is 2.37 bits per heavy atom. The largest absolute Gasteiger partial charge is 0.348 e. The Balaban J connectivity index is 0.00000124. The van der Waals surface area contributed by atoms with Crippen molar-refractivity contribution in [2.24, 2.45) is 7.05 Å². The summed E-state index contributed by atoms with van der Waals surface area (Å²) in [5, 5.41) is 6.32. The van der Waals surface area contributed by atoms with Crippen LogP contribution in [-0.4, -0.2) is 39.3 Å². The summed E-state index contributed by atoms with van der Waals surface area (Å²) in [6, 6.07) is 15.4. The molecule has 2 aromatic heterocycles. The molecular formula is C24H28N4O2. The third kappa shape index (κ3) is 3.61. The van der Waals surface area contributed by atoms with E-state index in [9.17, 15) is 9.59 Å². The number of carbonyl (C=O) groups is 1. The number of likely N-dealkylation sites (N-methyl/N-ethyl adjacent to an activating group) is 1. The zero-order valence-corrected chi connectivity index (χ0v) is 18.4. The number of para-hydroxylation sites is 1. The van der Waals surface area contributed by atoms with Crippen LogP contribution in [0.25, 0.3) is 27.5 Å². The minimum absolute atomic E-state index is 0.0591. The Bertz CT molecular complexity index is 1270. The Morgan fingerprint density at radius 1 is 1.07 bits per heavy atom. The summed E-state index contributed by atoms with van der Waals surface area (Å²) in [6.07, 6.45) is 0.129. The van der Waals surface area contributed by atoms with Gasteiger partial charge < -0.3 is 9.47 Å².